The van der Waals surface area contributed by atoms with Crippen LogP contribution in [-0.2, 0) is 114 Å². The standard InChI is InChI=1S/C68H115N3O46/c1-16-31(79)39(87)44(92)61(98-16)115-56-42(90)32(80)17(2)99-66(56)113-54-48(96)65(103-21(6)49(54)109-62-45(93)40(88)35(83)25(12-72)107-62)112-52-30(71-23(8)77)60(106-28(15-75)38(52)86)117-58-53(104-24(9)78)34(82)19(4)101-68(58)116-57-43(91)33(81)18(3)100-67(57)114-55-47(95)64(102-20(5)50(55)110-63-46(94)41(89)36(84)26(13-73)108-63)111-51-29(70-22(7)76)59(97-11-10-69)105-27(14-74)37(51)85/h16-21,25-68,72-75,79-96H,10-15,69H2,1-9H3,(H,70,76)(H,71,77)/t16-,17-,18-,19-,20-,21-,25+,26+,27+,28+,29+,30+,31-,32-,33-,34-,35+,36+,37+,38+,39+,40-,41-,42+,43+,44+,45+,46+,47+,48+,49-,50-,51+,52+,53+,54-,55-,56+,57+,58+,59+,60-,61-,62+,63+,64-,65-,66-,67-,68-/m0/s1. The van der Waals surface area contributed by atoms with E-state index < -0.39 is 351 Å². The van der Waals surface area contributed by atoms with Gasteiger partial charge in [0.05, 0.1) is 69.7 Å². The molecule has 10 fully saturated rings. The monoisotopic (exact) mass is 1710 g/mol. The van der Waals surface area contributed by atoms with Crippen LogP contribution in [0.1, 0.15) is 62.3 Å². The molecule has 49 nitrogen and oxygen atoms in total. The van der Waals surface area contributed by atoms with Crippen molar-refractivity contribution in [2.24, 2.45) is 5.73 Å². The summed E-state index contributed by atoms with van der Waals surface area (Å²) in [7, 11) is 0. The number of nitrogens with two attached hydrogens (primary N) is 1. The smallest absolute Gasteiger partial charge is 0.303 e. The minimum atomic E-state index is -2.39. The molecule has 0 aromatic carbocycles. The van der Waals surface area contributed by atoms with Crippen molar-refractivity contribution >= 4 is 17.8 Å². The quantitative estimate of drug-likeness (QED) is 0.0324. The first kappa shape index (κ1) is 95.9. The van der Waals surface area contributed by atoms with Crippen LogP contribution >= 0.6 is 0 Å². The van der Waals surface area contributed by atoms with Crippen molar-refractivity contribution < 1.29 is 226 Å². The van der Waals surface area contributed by atoms with E-state index in [9.17, 15) is 127 Å². The molecule has 10 aliphatic rings. The molecule has 49 heteroatoms. The van der Waals surface area contributed by atoms with E-state index in [-0.39, 0.29) is 13.2 Å². The average molecular weight is 1710 g/mol. The fraction of sp³-hybridized carbons (Fsp3) is 0.956. The van der Waals surface area contributed by atoms with E-state index in [1.807, 2.05) is 0 Å². The first-order chi connectivity index (χ1) is 55.2. The molecular weight excluding hydrogens is 1590 g/mol. The number of amides is 2. The summed E-state index contributed by atoms with van der Waals surface area (Å²) >= 11 is 0. The topological polar surface area (TPSA) is 740 Å². The minimum Gasteiger partial charge on any atom is -0.457 e. The summed E-state index contributed by atoms with van der Waals surface area (Å²) in [5.74, 6) is -2.83. The number of hydrogen-bond donors (Lipinski definition) is 25. The Morgan fingerprint density at radius 2 is 0.556 bits per heavy atom. The SMILES string of the molecule is CC(=O)N[C@H]1[C@H](OCCN)O[C@H](CO)[C@@H](O)[C@@H]1O[C@@H]1O[C@@H](C)[C@H](O[C@H]2O[C@H](CO)[C@@H](O)[C@H](O)[C@H]2O)[C@@H](O[C@@H]2O[C@@H](C)[C@H](O)[C@@H](O)[C@H]2O[C@@H]2O[C@@H](C)[C@H](O)[C@@H](OC(C)=O)[C@H]2O[C@@H]2O[C@H](CO)[C@@H](O)[C@H](O[C@@H]3O[C@@H](C)[C@H](O[C@H]4O[C@H](CO)[C@@H](O)[C@H](O)[C@H]4O)[C@@H](O[C@@H]4O[C@@H](C)[C@H](O)[C@@H](O)[C@H]4O[C@@H]4O[C@@H](C)[C@H](O)[C@@H](O)[C@H]4O)[C@H]3O)[C@H]2NC(C)=O)[C@H]1O. The minimum absolute atomic E-state index is 0.0885. The zero-order valence-corrected chi connectivity index (χ0v) is 64.8. The Morgan fingerprint density at radius 1 is 0.274 bits per heavy atom. The van der Waals surface area contributed by atoms with Gasteiger partial charge in [0.2, 0.25) is 11.8 Å². The molecule has 0 aliphatic carbocycles. The molecule has 0 radical (unpaired) electrons. The van der Waals surface area contributed by atoms with Gasteiger partial charge in [0.1, 0.15) is 195 Å². The molecule has 0 spiro atoms. The number of carbonyl (C=O) groups is 3. The number of aliphatic hydroxyl groups is 22. The Balaban J connectivity index is 0.992. The summed E-state index contributed by atoms with van der Waals surface area (Å²) < 4.78 is 128. The average Bonchev–Trinajstić information content (AvgIpc) is 0.763. The molecular formula is C68H115N3O46. The predicted molar refractivity (Wildman–Crippen MR) is 367 cm³/mol. The van der Waals surface area contributed by atoms with Gasteiger partial charge in [-0.2, -0.15) is 0 Å². The fourth-order valence-corrected chi connectivity index (χ4v) is 15.5. The summed E-state index contributed by atoms with van der Waals surface area (Å²) in [5, 5.41) is 253. The van der Waals surface area contributed by atoms with Crippen molar-refractivity contribution in [2.45, 2.75) is 369 Å². The molecule has 0 aromatic rings. The third-order valence-electron chi connectivity index (χ3n) is 22.1. The van der Waals surface area contributed by atoms with Crippen molar-refractivity contribution in [3.8, 4) is 0 Å². The van der Waals surface area contributed by atoms with Crippen molar-refractivity contribution in [1.29, 1.82) is 0 Å². The molecule has 0 unspecified atom stereocenters. The Hall–Kier alpha value is -3.31. The van der Waals surface area contributed by atoms with Gasteiger partial charge in [-0.25, -0.2) is 0 Å². The molecule has 50 atom stereocenters. The van der Waals surface area contributed by atoms with E-state index in [1.54, 1.807) is 0 Å². The molecule has 0 bridgehead atoms. The van der Waals surface area contributed by atoms with E-state index in [0.29, 0.717) is 0 Å². The van der Waals surface area contributed by atoms with Crippen LogP contribution < -0.4 is 16.4 Å². The van der Waals surface area contributed by atoms with E-state index in [2.05, 4.69) is 10.6 Å². The predicted octanol–water partition coefficient (Wildman–Crippen LogP) is -15.8. The number of nitrogens with one attached hydrogen (secondary N) is 2. The van der Waals surface area contributed by atoms with Crippen LogP contribution in [0.4, 0.5) is 0 Å². The molecule has 10 rings (SSSR count). The van der Waals surface area contributed by atoms with Crippen molar-refractivity contribution in [3.63, 3.8) is 0 Å². The summed E-state index contributed by atoms with van der Waals surface area (Å²) in [6.07, 6.45) is -92.8. The molecule has 26 N–H and O–H groups in total. The summed E-state index contributed by atoms with van der Waals surface area (Å²) in [4.78, 5) is 39.7. The van der Waals surface area contributed by atoms with Crippen molar-refractivity contribution in [3.05, 3.63) is 0 Å². The molecule has 10 aliphatic heterocycles. The largest absolute Gasteiger partial charge is 0.457 e. The van der Waals surface area contributed by atoms with Crippen LogP contribution in [0.3, 0.4) is 0 Å². The molecule has 0 saturated carbocycles. The third kappa shape index (κ3) is 21.0. The van der Waals surface area contributed by atoms with Crippen LogP contribution in [0.2, 0.25) is 0 Å². The van der Waals surface area contributed by atoms with Crippen LogP contribution in [0.25, 0.3) is 0 Å². The van der Waals surface area contributed by atoms with Crippen LogP contribution in [0, 0.1) is 0 Å². The highest BCUT2D eigenvalue weighted by Crippen LogP contribution is 2.42. The second-order valence-electron chi connectivity index (χ2n) is 30.6. The highest BCUT2D eigenvalue weighted by Gasteiger charge is 2.62. The number of hydrogen-bond acceptors (Lipinski definition) is 47. The lowest BCUT2D eigenvalue weighted by Crippen LogP contribution is -2.71. The fourth-order valence-electron chi connectivity index (χ4n) is 15.5. The summed E-state index contributed by atoms with van der Waals surface area (Å²) in [5.41, 5.74) is 5.71. The van der Waals surface area contributed by atoms with Crippen molar-refractivity contribution in [2.75, 3.05) is 39.6 Å². The van der Waals surface area contributed by atoms with Crippen molar-refractivity contribution in [1.82, 2.24) is 10.6 Å². The molecule has 0 aromatic heterocycles. The van der Waals surface area contributed by atoms with Gasteiger partial charge in [-0.15, -0.1) is 0 Å². The number of aliphatic hydroxyl groups excluding tert-OH is 22. The Kier molecular flexibility index (Phi) is 33.8. The van der Waals surface area contributed by atoms with Gasteiger partial charge in [-0.05, 0) is 41.5 Å². The molecule has 678 valence electrons. The maximum Gasteiger partial charge on any atom is 0.303 e. The number of ether oxygens (including phenoxy) is 21. The maximum absolute atomic E-state index is 13.6. The summed E-state index contributed by atoms with van der Waals surface area (Å²) in [6, 6.07) is -3.49. The first-order valence-electron chi connectivity index (χ1n) is 38.4. The Labute approximate surface area is 667 Å². The molecule has 2 amide bonds. The lowest BCUT2D eigenvalue weighted by Gasteiger charge is -2.52. The normalized spacial score (nSPS) is 51.4. The van der Waals surface area contributed by atoms with Gasteiger partial charge >= 0.3 is 5.97 Å². The molecule has 117 heavy (non-hydrogen) atoms. The second-order valence-corrected chi connectivity index (χ2v) is 30.6. The number of esters is 1. The van der Waals surface area contributed by atoms with Gasteiger partial charge in [-0.1, -0.05) is 0 Å². The zero-order valence-electron chi connectivity index (χ0n) is 64.8. The number of carbonyl (C=O) groups excluding carboxylic acids is 3. The van der Waals surface area contributed by atoms with E-state index in [4.69, 9.17) is 105 Å². The van der Waals surface area contributed by atoms with Crippen LogP contribution in [-0.4, -0.2) is 477 Å². The summed E-state index contributed by atoms with van der Waals surface area (Å²) in [6.45, 7) is 6.29. The lowest BCUT2D eigenvalue weighted by atomic mass is 9.94. The highest BCUT2D eigenvalue weighted by molar-refractivity contribution is 5.73. The van der Waals surface area contributed by atoms with Crippen LogP contribution in [0.15, 0.2) is 0 Å². The van der Waals surface area contributed by atoms with Gasteiger partial charge in [0.25, 0.3) is 0 Å². The van der Waals surface area contributed by atoms with Gasteiger partial charge in [0, 0.05) is 27.3 Å². The zero-order chi connectivity index (χ0) is 86.1. The lowest BCUT2D eigenvalue weighted by molar-refractivity contribution is -0.411. The first-order valence-corrected chi connectivity index (χ1v) is 38.4. The number of rotatable bonds is 28. The van der Waals surface area contributed by atoms with E-state index in [0.717, 1.165) is 20.8 Å². The highest BCUT2D eigenvalue weighted by atomic mass is 16.8. The third-order valence-corrected chi connectivity index (χ3v) is 22.1. The Morgan fingerprint density at radius 3 is 0.949 bits per heavy atom. The van der Waals surface area contributed by atoms with Gasteiger partial charge < -0.3 is 228 Å². The molecule has 10 heterocycles. The van der Waals surface area contributed by atoms with E-state index in [1.165, 1.54) is 41.5 Å². The Bertz CT molecular complexity index is 3120. The van der Waals surface area contributed by atoms with Crippen LogP contribution in [0.5, 0.6) is 0 Å². The second kappa shape index (κ2) is 41.2. The van der Waals surface area contributed by atoms with Gasteiger partial charge in [-0.3, -0.25) is 14.4 Å². The molecule has 10 saturated heterocycles. The van der Waals surface area contributed by atoms with Gasteiger partial charge in [0.15, 0.2) is 75.1 Å². The maximum atomic E-state index is 13.6. The van der Waals surface area contributed by atoms with E-state index >= 15 is 0 Å².